The van der Waals surface area contributed by atoms with Gasteiger partial charge in [-0.05, 0) is 51.5 Å². The average molecular weight is 364 g/mol. The van der Waals surface area contributed by atoms with Crippen LogP contribution in [0, 0.1) is 27.7 Å². The van der Waals surface area contributed by atoms with Crippen LogP contribution < -0.4 is 5.32 Å². The number of hydrogen-bond donors (Lipinski definition) is 1. The highest BCUT2D eigenvalue weighted by Crippen LogP contribution is 2.23. The average Bonchev–Trinajstić information content (AvgIpc) is 2.81. The molecule has 2 heterocycles. The largest absolute Gasteiger partial charge is 0.340 e. The molecule has 0 radical (unpaired) electrons. The lowest BCUT2D eigenvalue weighted by molar-refractivity contribution is 0.770. The minimum Gasteiger partial charge on any atom is -0.340 e. The quantitative estimate of drug-likeness (QED) is 0.731. The van der Waals surface area contributed by atoms with E-state index in [1.54, 1.807) is 4.68 Å². The number of aryl methyl sites for hydroxylation is 4. The van der Waals surface area contributed by atoms with Crippen molar-refractivity contribution in [1.29, 1.82) is 0 Å². The third-order valence-corrected chi connectivity index (χ3v) is 3.89. The van der Waals surface area contributed by atoms with Crippen molar-refractivity contribution in [3.8, 4) is 5.95 Å². The van der Waals surface area contributed by atoms with E-state index in [-0.39, 0.29) is 12.4 Å². The van der Waals surface area contributed by atoms with Gasteiger partial charge in [0.2, 0.25) is 0 Å². The summed E-state index contributed by atoms with van der Waals surface area (Å²) in [6.45, 7) is 7.84. The van der Waals surface area contributed by atoms with Crippen molar-refractivity contribution in [2.24, 2.45) is 0 Å². The molecule has 2 aromatic heterocycles. The van der Waals surface area contributed by atoms with Crippen LogP contribution in [0.5, 0.6) is 0 Å². The number of hydrogen-bond acceptors (Lipinski definition) is 4. The lowest BCUT2D eigenvalue weighted by Crippen LogP contribution is -2.08. The Morgan fingerprint density at radius 2 is 1.71 bits per heavy atom. The Labute approximate surface area is 152 Å². The molecule has 0 atom stereocenters. The molecular formula is C17H19Cl2N5. The maximum absolute atomic E-state index is 6.18. The Morgan fingerprint density at radius 1 is 0.958 bits per heavy atom. The van der Waals surface area contributed by atoms with Gasteiger partial charge < -0.3 is 5.32 Å². The minimum atomic E-state index is 0. The molecule has 0 fully saturated rings. The number of nitrogens with zero attached hydrogens (tertiary/aromatic N) is 4. The third kappa shape index (κ3) is 3.86. The monoisotopic (exact) mass is 363 g/mol. The SMILES string of the molecule is Cc1cc(Nc2ccc(C)c(Cl)c2)nc(-n2nc(C)cc2C)n1.Cl. The van der Waals surface area contributed by atoms with E-state index in [2.05, 4.69) is 20.4 Å². The van der Waals surface area contributed by atoms with Crippen LogP contribution in [-0.4, -0.2) is 19.7 Å². The minimum absolute atomic E-state index is 0. The second kappa shape index (κ2) is 7.20. The molecule has 0 aliphatic carbocycles. The zero-order valence-electron chi connectivity index (χ0n) is 14.0. The molecule has 0 unspecified atom stereocenters. The van der Waals surface area contributed by atoms with Crippen LogP contribution in [0.2, 0.25) is 5.02 Å². The summed E-state index contributed by atoms with van der Waals surface area (Å²) in [5.74, 6) is 1.26. The molecule has 7 heteroatoms. The number of benzene rings is 1. The Bertz CT molecular complexity index is 873. The van der Waals surface area contributed by atoms with Crippen molar-refractivity contribution in [1.82, 2.24) is 19.7 Å². The smallest absolute Gasteiger partial charge is 0.252 e. The zero-order chi connectivity index (χ0) is 16.6. The van der Waals surface area contributed by atoms with Crippen LogP contribution in [0.15, 0.2) is 30.3 Å². The number of nitrogens with one attached hydrogen (secondary N) is 1. The van der Waals surface area contributed by atoms with E-state index in [1.807, 2.05) is 58.0 Å². The van der Waals surface area contributed by atoms with E-state index in [1.165, 1.54) is 0 Å². The first-order valence-corrected chi connectivity index (χ1v) is 7.72. The van der Waals surface area contributed by atoms with Gasteiger partial charge in [-0.2, -0.15) is 10.1 Å². The highest BCUT2D eigenvalue weighted by molar-refractivity contribution is 6.31. The first kappa shape index (κ1) is 18.2. The van der Waals surface area contributed by atoms with Crippen LogP contribution in [0.3, 0.4) is 0 Å². The number of halogens is 2. The van der Waals surface area contributed by atoms with E-state index >= 15 is 0 Å². The number of anilines is 2. The molecule has 0 bridgehead atoms. The zero-order valence-corrected chi connectivity index (χ0v) is 15.5. The van der Waals surface area contributed by atoms with E-state index < -0.39 is 0 Å². The molecule has 0 saturated carbocycles. The molecule has 3 rings (SSSR count). The summed E-state index contributed by atoms with van der Waals surface area (Å²) in [6.07, 6.45) is 0. The lowest BCUT2D eigenvalue weighted by Gasteiger charge is -2.10. The number of aromatic nitrogens is 4. The summed E-state index contributed by atoms with van der Waals surface area (Å²) in [5.41, 5.74) is 4.73. The first-order valence-electron chi connectivity index (χ1n) is 7.35. The molecule has 24 heavy (non-hydrogen) atoms. The Hall–Kier alpha value is -2.11. The van der Waals surface area contributed by atoms with Gasteiger partial charge in [-0.3, -0.25) is 0 Å². The molecule has 5 nitrogen and oxygen atoms in total. The summed E-state index contributed by atoms with van der Waals surface area (Å²) in [5, 5.41) is 8.43. The highest BCUT2D eigenvalue weighted by atomic mass is 35.5. The van der Waals surface area contributed by atoms with Crippen LogP contribution in [-0.2, 0) is 0 Å². The predicted octanol–water partition coefficient (Wildman–Crippen LogP) is 4.71. The standard InChI is InChI=1S/C17H18ClN5.ClH/c1-10-5-6-14(9-15(10)18)20-16-8-11(2)19-17(21-16)23-13(4)7-12(3)22-23;/h5-9H,1-4H3,(H,19,20,21);1H. The molecule has 0 saturated heterocycles. The summed E-state index contributed by atoms with van der Waals surface area (Å²) >= 11 is 6.18. The van der Waals surface area contributed by atoms with Gasteiger partial charge in [-0.15, -0.1) is 12.4 Å². The second-order valence-electron chi connectivity index (χ2n) is 5.62. The van der Waals surface area contributed by atoms with E-state index in [0.29, 0.717) is 11.8 Å². The second-order valence-corrected chi connectivity index (χ2v) is 6.03. The van der Waals surface area contributed by atoms with Gasteiger partial charge in [0.1, 0.15) is 5.82 Å². The van der Waals surface area contributed by atoms with Crippen molar-refractivity contribution in [3.05, 3.63) is 58.0 Å². The Balaban J connectivity index is 0.00000208. The van der Waals surface area contributed by atoms with Crippen molar-refractivity contribution in [2.75, 3.05) is 5.32 Å². The van der Waals surface area contributed by atoms with Crippen LogP contribution >= 0.6 is 24.0 Å². The normalized spacial score (nSPS) is 10.4. The van der Waals surface area contributed by atoms with Gasteiger partial charge in [0.25, 0.3) is 5.95 Å². The van der Waals surface area contributed by atoms with Crippen LogP contribution in [0.1, 0.15) is 22.6 Å². The maximum atomic E-state index is 6.18. The molecule has 0 aliphatic rings. The molecule has 3 aromatic rings. The van der Waals surface area contributed by atoms with Gasteiger partial charge in [0.05, 0.1) is 5.69 Å². The summed E-state index contributed by atoms with van der Waals surface area (Å²) in [6, 6.07) is 9.72. The fraction of sp³-hybridized carbons (Fsp3) is 0.235. The van der Waals surface area contributed by atoms with Gasteiger partial charge in [-0.25, -0.2) is 9.67 Å². The van der Waals surface area contributed by atoms with Crippen molar-refractivity contribution in [3.63, 3.8) is 0 Å². The van der Waals surface area contributed by atoms with Crippen molar-refractivity contribution < 1.29 is 0 Å². The number of rotatable bonds is 3. The van der Waals surface area contributed by atoms with Crippen LogP contribution in [0.25, 0.3) is 5.95 Å². The topological polar surface area (TPSA) is 55.6 Å². The molecular weight excluding hydrogens is 345 g/mol. The van der Waals surface area contributed by atoms with E-state index in [4.69, 9.17) is 11.6 Å². The third-order valence-electron chi connectivity index (χ3n) is 3.49. The van der Waals surface area contributed by atoms with Gasteiger partial charge in [0, 0.05) is 28.2 Å². The molecule has 0 aliphatic heterocycles. The van der Waals surface area contributed by atoms with Crippen molar-refractivity contribution >= 4 is 35.5 Å². The molecule has 0 spiro atoms. The Kier molecular flexibility index (Phi) is 5.47. The maximum Gasteiger partial charge on any atom is 0.252 e. The first-order chi connectivity index (χ1) is 10.9. The summed E-state index contributed by atoms with van der Waals surface area (Å²) in [4.78, 5) is 9.04. The van der Waals surface area contributed by atoms with Gasteiger partial charge in [-0.1, -0.05) is 17.7 Å². The fourth-order valence-electron chi connectivity index (χ4n) is 2.36. The summed E-state index contributed by atoms with van der Waals surface area (Å²) < 4.78 is 1.75. The highest BCUT2D eigenvalue weighted by Gasteiger charge is 2.09. The fourth-order valence-corrected chi connectivity index (χ4v) is 2.54. The van der Waals surface area contributed by atoms with Gasteiger partial charge >= 0.3 is 0 Å². The molecule has 0 amide bonds. The Morgan fingerprint density at radius 3 is 2.33 bits per heavy atom. The summed E-state index contributed by atoms with van der Waals surface area (Å²) in [7, 11) is 0. The van der Waals surface area contributed by atoms with E-state index in [9.17, 15) is 0 Å². The van der Waals surface area contributed by atoms with E-state index in [0.717, 1.165) is 33.4 Å². The lowest BCUT2D eigenvalue weighted by atomic mass is 10.2. The van der Waals surface area contributed by atoms with Crippen LogP contribution in [0.4, 0.5) is 11.5 Å². The molecule has 1 aromatic carbocycles. The molecule has 126 valence electrons. The molecule has 1 N–H and O–H groups in total. The predicted molar refractivity (Wildman–Crippen MR) is 100 cm³/mol. The van der Waals surface area contributed by atoms with Crippen molar-refractivity contribution in [2.45, 2.75) is 27.7 Å². The van der Waals surface area contributed by atoms with Gasteiger partial charge in [0.15, 0.2) is 0 Å².